The van der Waals surface area contributed by atoms with Gasteiger partial charge in [0.2, 0.25) is 0 Å². The third-order valence-electron chi connectivity index (χ3n) is 2.20. The molecule has 0 saturated heterocycles. The Hall–Kier alpha value is -0.520. The number of nitrogens with one attached hydrogen (secondary N) is 1. The van der Waals surface area contributed by atoms with E-state index in [0.717, 1.165) is 19.5 Å². The van der Waals surface area contributed by atoms with Crippen LogP contribution in [0.1, 0.15) is 27.2 Å². The molecule has 0 radical (unpaired) electrons. The fourth-order valence-corrected chi connectivity index (χ4v) is 1.26. The summed E-state index contributed by atoms with van der Waals surface area (Å²) in [5, 5.41) is 3.43. The van der Waals surface area contributed by atoms with Crippen LogP contribution in [0.3, 0.4) is 0 Å². The molecule has 0 fully saturated rings. The molecule has 0 aromatic heterocycles. The molecule has 0 bridgehead atoms. The van der Waals surface area contributed by atoms with E-state index < -0.39 is 0 Å². The molecule has 1 unspecified atom stereocenters. The van der Waals surface area contributed by atoms with Gasteiger partial charge in [0.15, 0.2) is 0 Å². The average molecular weight is 182 g/mol. The number of hydrogen-bond donors (Lipinski definition) is 1. The number of rotatable bonds is 6. The summed E-state index contributed by atoms with van der Waals surface area (Å²) < 4.78 is 0. The van der Waals surface area contributed by atoms with Crippen molar-refractivity contribution in [1.82, 2.24) is 10.2 Å². The smallest absolute Gasteiger partial charge is 0.0599 e. The van der Waals surface area contributed by atoms with E-state index in [1.807, 2.05) is 0 Å². The van der Waals surface area contributed by atoms with Crippen LogP contribution in [0.5, 0.6) is 0 Å². The lowest BCUT2D eigenvalue weighted by molar-refractivity contribution is 0.251. The zero-order valence-electron chi connectivity index (χ0n) is 9.30. The summed E-state index contributed by atoms with van der Waals surface area (Å²) in [7, 11) is 2.08. The van der Waals surface area contributed by atoms with Crippen molar-refractivity contribution >= 4 is 0 Å². The highest BCUT2D eigenvalue weighted by Crippen LogP contribution is 1.99. The normalized spacial score (nSPS) is 13.3. The fraction of sp³-hybridized carbons (Fsp3) is 0.818. The lowest BCUT2D eigenvalue weighted by atomic mass is 10.2. The van der Waals surface area contributed by atoms with E-state index >= 15 is 0 Å². The molecule has 0 aliphatic heterocycles. The predicted molar refractivity (Wildman–Crippen MR) is 58.7 cm³/mol. The molecule has 2 nitrogen and oxygen atoms in total. The minimum absolute atomic E-state index is 0.549. The van der Waals surface area contributed by atoms with Crippen molar-refractivity contribution in [2.45, 2.75) is 39.3 Å². The Kier molecular flexibility index (Phi) is 6.66. The Labute approximate surface area is 82.7 Å². The van der Waals surface area contributed by atoms with Gasteiger partial charge in [0.1, 0.15) is 0 Å². The molecule has 76 valence electrons. The van der Waals surface area contributed by atoms with Crippen molar-refractivity contribution in [1.29, 1.82) is 0 Å². The van der Waals surface area contributed by atoms with Crippen LogP contribution >= 0.6 is 0 Å². The van der Waals surface area contributed by atoms with E-state index in [1.54, 1.807) is 0 Å². The molecule has 2 heteroatoms. The van der Waals surface area contributed by atoms with Crippen LogP contribution in [0.4, 0.5) is 0 Å². The quantitative estimate of drug-likeness (QED) is 0.623. The van der Waals surface area contributed by atoms with Gasteiger partial charge in [0, 0.05) is 18.6 Å². The van der Waals surface area contributed by atoms with Crippen LogP contribution < -0.4 is 5.32 Å². The first-order valence-corrected chi connectivity index (χ1v) is 4.98. The van der Waals surface area contributed by atoms with Gasteiger partial charge in [-0.15, -0.1) is 6.42 Å². The summed E-state index contributed by atoms with van der Waals surface area (Å²) >= 11 is 0. The summed E-state index contributed by atoms with van der Waals surface area (Å²) in [4.78, 5) is 2.22. The van der Waals surface area contributed by atoms with E-state index in [9.17, 15) is 0 Å². The summed E-state index contributed by atoms with van der Waals surface area (Å²) in [5.41, 5.74) is 0. The van der Waals surface area contributed by atoms with Gasteiger partial charge in [0.05, 0.1) is 6.54 Å². The van der Waals surface area contributed by atoms with Crippen molar-refractivity contribution in [2.75, 3.05) is 20.1 Å². The molecule has 1 atom stereocenters. The molecule has 0 aromatic rings. The van der Waals surface area contributed by atoms with E-state index in [2.05, 4.69) is 44.0 Å². The van der Waals surface area contributed by atoms with Crippen molar-refractivity contribution in [3.8, 4) is 12.3 Å². The van der Waals surface area contributed by atoms with Gasteiger partial charge in [0.25, 0.3) is 0 Å². The van der Waals surface area contributed by atoms with Gasteiger partial charge in [-0.3, -0.25) is 4.90 Å². The molecule has 0 amide bonds. The summed E-state index contributed by atoms with van der Waals surface area (Å²) in [6, 6.07) is 1.10. The molecule has 0 aliphatic rings. The van der Waals surface area contributed by atoms with Gasteiger partial charge in [-0.25, -0.2) is 0 Å². The van der Waals surface area contributed by atoms with E-state index in [-0.39, 0.29) is 0 Å². The van der Waals surface area contributed by atoms with Gasteiger partial charge >= 0.3 is 0 Å². The van der Waals surface area contributed by atoms with Crippen molar-refractivity contribution in [2.24, 2.45) is 0 Å². The molecule has 0 rings (SSSR count). The van der Waals surface area contributed by atoms with Crippen LogP contribution in [0, 0.1) is 12.3 Å². The highest BCUT2D eigenvalue weighted by atomic mass is 15.1. The highest BCUT2D eigenvalue weighted by molar-refractivity contribution is 4.89. The van der Waals surface area contributed by atoms with Crippen LogP contribution in [-0.2, 0) is 0 Å². The summed E-state index contributed by atoms with van der Waals surface area (Å²) in [6.45, 7) is 8.27. The van der Waals surface area contributed by atoms with Crippen molar-refractivity contribution in [3.05, 3.63) is 0 Å². The number of hydrogen-bond acceptors (Lipinski definition) is 2. The lowest BCUT2D eigenvalue weighted by Crippen LogP contribution is -2.41. The van der Waals surface area contributed by atoms with Gasteiger partial charge in [-0.2, -0.15) is 0 Å². The number of likely N-dealkylation sites (N-methyl/N-ethyl adjacent to an activating group) is 1. The summed E-state index contributed by atoms with van der Waals surface area (Å²) in [5.74, 6) is 2.67. The van der Waals surface area contributed by atoms with Crippen LogP contribution in [0.25, 0.3) is 0 Å². The van der Waals surface area contributed by atoms with Crippen molar-refractivity contribution in [3.63, 3.8) is 0 Å². The predicted octanol–water partition coefficient (Wildman–Crippen LogP) is 1.33. The van der Waals surface area contributed by atoms with E-state index in [1.165, 1.54) is 0 Å². The maximum Gasteiger partial charge on any atom is 0.0599 e. The van der Waals surface area contributed by atoms with Crippen LogP contribution in [0.2, 0.25) is 0 Å². The highest BCUT2D eigenvalue weighted by Gasteiger charge is 2.11. The first kappa shape index (κ1) is 12.5. The Morgan fingerprint density at radius 3 is 2.46 bits per heavy atom. The molecular formula is C11H22N2. The Balaban J connectivity index is 3.81. The van der Waals surface area contributed by atoms with E-state index in [4.69, 9.17) is 6.42 Å². The minimum Gasteiger partial charge on any atom is -0.313 e. The molecule has 0 heterocycles. The summed E-state index contributed by atoms with van der Waals surface area (Å²) in [6.07, 6.45) is 6.40. The fourth-order valence-electron chi connectivity index (χ4n) is 1.26. The first-order chi connectivity index (χ1) is 6.11. The maximum absolute atomic E-state index is 5.27. The first-order valence-electron chi connectivity index (χ1n) is 4.98. The molecule has 0 aliphatic carbocycles. The monoisotopic (exact) mass is 182 g/mol. The third-order valence-corrected chi connectivity index (χ3v) is 2.20. The Morgan fingerprint density at radius 2 is 2.08 bits per heavy atom. The second kappa shape index (κ2) is 6.94. The topological polar surface area (TPSA) is 15.3 Å². The second-order valence-electron chi connectivity index (χ2n) is 3.74. The SMILES string of the molecule is C#CCN(C)C(CC)CNC(C)C. The molecule has 13 heavy (non-hydrogen) atoms. The minimum atomic E-state index is 0.549. The largest absolute Gasteiger partial charge is 0.313 e. The number of terminal acetylenes is 1. The Morgan fingerprint density at radius 1 is 1.46 bits per heavy atom. The van der Waals surface area contributed by atoms with Crippen LogP contribution in [0.15, 0.2) is 0 Å². The number of nitrogens with zero attached hydrogens (tertiary/aromatic N) is 1. The maximum atomic E-state index is 5.27. The Bertz CT molecular complexity index is 158. The van der Waals surface area contributed by atoms with Gasteiger partial charge in [-0.1, -0.05) is 26.7 Å². The van der Waals surface area contributed by atoms with Gasteiger partial charge in [-0.05, 0) is 13.5 Å². The average Bonchev–Trinajstić information content (AvgIpc) is 2.05. The zero-order chi connectivity index (χ0) is 10.3. The lowest BCUT2D eigenvalue weighted by Gasteiger charge is -2.26. The zero-order valence-corrected chi connectivity index (χ0v) is 9.30. The van der Waals surface area contributed by atoms with E-state index in [0.29, 0.717) is 12.1 Å². The van der Waals surface area contributed by atoms with Crippen LogP contribution in [-0.4, -0.2) is 37.1 Å². The molecule has 0 saturated carbocycles. The molecular weight excluding hydrogens is 160 g/mol. The van der Waals surface area contributed by atoms with Crippen molar-refractivity contribution < 1.29 is 0 Å². The molecule has 0 aromatic carbocycles. The standard InChI is InChI=1S/C11H22N2/c1-6-8-13(5)11(7-2)9-12-10(3)4/h1,10-12H,7-9H2,2-5H3. The third kappa shape index (κ3) is 5.68. The molecule has 1 N–H and O–H groups in total. The second-order valence-corrected chi connectivity index (χ2v) is 3.74. The molecule has 0 spiro atoms. The van der Waals surface area contributed by atoms with Gasteiger partial charge < -0.3 is 5.32 Å².